The molecule has 1 aliphatic carbocycles. The average molecular weight is 301 g/mol. The van der Waals surface area contributed by atoms with Crippen LogP contribution >= 0.6 is 0 Å². The lowest BCUT2D eigenvalue weighted by Crippen LogP contribution is -2.29. The maximum absolute atomic E-state index is 13.3. The molecule has 1 aromatic carbocycles. The summed E-state index contributed by atoms with van der Waals surface area (Å²) in [6, 6.07) is 13.9. The SMILES string of the molecule is FC1(F)CCC2(CC1)OC2c1cccc(-c2ccccn2)c1. The molecule has 22 heavy (non-hydrogen) atoms. The Labute approximate surface area is 128 Å². The van der Waals surface area contributed by atoms with Crippen LogP contribution < -0.4 is 0 Å². The molecular formula is C18H17F2NO. The number of pyridine rings is 1. The van der Waals surface area contributed by atoms with Crippen LogP contribution in [0.5, 0.6) is 0 Å². The summed E-state index contributed by atoms with van der Waals surface area (Å²) in [4.78, 5) is 4.35. The molecule has 2 heterocycles. The Morgan fingerprint density at radius 3 is 2.55 bits per heavy atom. The zero-order valence-corrected chi connectivity index (χ0v) is 12.1. The van der Waals surface area contributed by atoms with Crippen LogP contribution in [0.15, 0.2) is 48.7 Å². The molecule has 2 nitrogen and oxygen atoms in total. The maximum Gasteiger partial charge on any atom is 0.248 e. The number of halogens is 2. The van der Waals surface area contributed by atoms with E-state index in [2.05, 4.69) is 11.1 Å². The summed E-state index contributed by atoms with van der Waals surface area (Å²) in [7, 11) is 0. The van der Waals surface area contributed by atoms with Crippen molar-refractivity contribution in [2.45, 2.75) is 43.3 Å². The van der Waals surface area contributed by atoms with Gasteiger partial charge in [0, 0.05) is 24.6 Å². The van der Waals surface area contributed by atoms with Crippen LogP contribution in [-0.4, -0.2) is 16.5 Å². The summed E-state index contributed by atoms with van der Waals surface area (Å²) in [5.74, 6) is -2.52. The first-order valence-electron chi connectivity index (χ1n) is 7.65. The molecule has 0 bridgehead atoms. The molecule has 1 saturated heterocycles. The molecule has 1 aliphatic heterocycles. The van der Waals surface area contributed by atoms with Gasteiger partial charge >= 0.3 is 0 Å². The highest BCUT2D eigenvalue weighted by Crippen LogP contribution is 2.59. The molecule has 4 rings (SSSR count). The first-order chi connectivity index (χ1) is 10.6. The van der Waals surface area contributed by atoms with E-state index in [0.717, 1.165) is 16.8 Å². The van der Waals surface area contributed by atoms with Crippen molar-refractivity contribution in [1.29, 1.82) is 0 Å². The van der Waals surface area contributed by atoms with E-state index in [1.807, 2.05) is 36.4 Å². The highest BCUT2D eigenvalue weighted by atomic mass is 19.3. The van der Waals surface area contributed by atoms with Gasteiger partial charge in [0.2, 0.25) is 5.92 Å². The molecule has 2 fully saturated rings. The second-order valence-corrected chi connectivity index (χ2v) is 6.26. The van der Waals surface area contributed by atoms with Gasteiger partial charge in [0.15, 0.2) is 0 Å². The number of rotatable bonds is 2. The molecule has 114 valence electrons. The molecule has 1 spiro atoms. The van der Waals surface area contributed by atoms with Crippen LogP contribution in [0.4, 0.5) is 8.78 Å². The number of aromatic nitrogens is 1. The second kappa shape index (κ2) is 4.85. The van der Waals surface area contributed by atoms with Gasteiger partial charge in [0.05, 0.1) is 11.3 Å². The Bertz CT molecular complexity index is 676. The monoisotopic (exact) mass is 301 g/mol. The van der Waals surface area contributed by atoms with Gasteiger partial charge in [-0.2, -0.15) is 0 Å². The molecule has 0 N–H and O–H groups in total. The average Bonchev–Trinajstić information content (AvgIpc) is 3.26. The number of alkyl halides is 2. The van der Waals surface area contributed by atoms with Gasteiger partial charge < -0.3 is 4.74 Å². The van der Waals surface area contributed by atoms with Gasteiger partial charge in [-0.25, -0.2) is 8.78 Å². The third kappa shape index (κ3) is 2.41. The molecule has 1 aromatic heterocycles. The van der Waals surface area contributed by atoms with Crippen molar-refractivity contribution in [3.63, 3.8) is 0 Å². The Kier molecular flexibility index (Phi) is 3.05. The number of epoxide rings is 1. The summed E-state index contributed by atoms with van der Waals surface area (Å²) in [5, 5.41) is 0. The predicted molar refractivity (Wildman–Crippen MR) is 79.6 cm³/mol. The molecule has 2 aliphatic rings. The van der Waals surface area contributed by atoms with Gasteiger partial charge in [-0.15, -0.1) is 0 Å². The Balaban J connectivity index is 1.56. The maximum atomic E-state index is 13.3. The van der Waals surface area contributed by atoms with Crippen LogP contribution in [0.1, 0.15) is 37.4 Å². The van der Waals surface area contributed by atoms with Crippen molar-refractivity contribution >= 4 is 0 Å². The normalized spacial score (nSPS) is 25.1. The van der Waals surface area contributed by atoms with E-state index in [1.54, 1.807) is 6.20 Å². The molecule has 1 saturated carbocycles. The minimum Gasteiger partial charge on any atom is -0.361 e. The van der Waals surface area contributed by atoms with Crippen LogP contribution in [0, 0.1) is 0 Å². The van der Waals surface area contributed by atoms with E-state index in [4.69, 9.17) is 4.74 Å². The predicted octanol–water partition coefficient (Wildman–Crippen LogP) is 4.77. The van der Waals surface area contributed by atoms with E-state index in [1.165, 1.54) is 0 Å². The lowest BCUT2D eigenvalue weighted by atomic mass is 9.82. The van der Waals surface area contributed by atoms with E-state index in [9.17, 15) is 8.78 Å². The van der Waals surface area contributed by atoms with E-state index in [-0.39, 0.29) is 24.5 Å². The Morgan fingerprint density at radius 1 is 1.00 bits per heavy atom. The summed E-state index contributed by atoms with van der Waals surface area (Å²) in [5.41, 5.74) is 2.65. The topological polar surface area (TPSA) is 25.4 Å². The molecular weight excluding hydrogens is 284 g/mol. The number of hydrogen-bond acceptors (Lipinski definition) is 2. The van der Waals surface area contributed by atoms with Crippen molar-refractivity contribution in [3.8, 4) is 11.3 Å². The van der Waals surface area contributed by atoms with Gasteiger partial charge in [-0.1, -0.05) is 24.3 Å². The zero-order chi connectivity index (χ0) is 15.2. The fourth-order valence-electron chi connectivity index (χ4n) is 3.39. The largest absolute Gasteiger partial charge is 0.361 e. The molecule has 1 unspecified atom stereocenters. The lowest BCUT2D eigenvalue weighted by molar-refractivity contribution is -0.0508. The lowest BCUT2D eigenvalue weighted by Gasteiger charge is -2.26. The first kappa shape index (κ1) is 13.8. The van der Waals surface area contributed by atoms with Crippen molar-refractivity contribution in [2.24, 2.45) is 0 Å². The number of nitrogens with zero attached hydrogens (tertiary/aromatic N) is 1. The zero-order valence-electron chi connectivity index (χ0n) is 12.1. The third-order valence-corrected chi connectivity index (χ3v) is 4.75. The standard InChI is InChI=1S/C18H17F2NO/c19-18(20)9-7-17(8-10-18)16(22-17)14-5-3-4-13(12-14)15-6-1-2-11-21-15/h1-6,11-12,16H,7-10H2. The van der Waals surface area contributed by atoms with E-state index < -0.39 is 5.92 Å². The highest BCUT2D eigenvalue weighted by Gasteiger charge is 2.60. The summed E-state index contributed by atoms with van der Waals surface area (Å²) >= 11 is 0. The van der Waals surface area contributed by atoms with Crippen LogP contribution in [0.3, 0.4) is 0 Å². The van der Waals surface area contributed by atoms with Gasteiger partial charge in [0.25, 0.3) is 0 Å². The summed E-state index contributed by atoms with van der Waals surface area (Å²) in [6.07, 6.45) is 2.47. The number of benzene rings is 1. The second-order valence-electron chi connectivity index (χ2n) is 6.26. The van der Waals surface area contributed by atoms with Gasteiger partial charge in [-0.3, -0.25) is 4.98 Å². The Morgan fingerprint density at radius 2 is 1.82 bits per heavy atom. The van der Waals surface area contributed by atoms with Crippen LogP contribution in [0.2, 0.25) is 0 Å². The molecule has 1 atom stereocenters. The number of hydrogen-bond donors (Lipinski definition) is 0. The highest BCUT2D eigenvalue weighted by molar-refractivity contribution is 5.60. The van der Waals surface area contributed by atoms with E-state index >= 15 is 0 Å². The number of ether oxygens (including phenoxy) is 1. The summed E-state index contributed by atoms with van der Waals surface area (Å²) < 4.78 is 32.5. The molecule has 0 amide bonds. The molecule has 4 heteroatoms. The quantitative estimate of drug-likeness (QED) is 0.747. The van der Waals surface area contributed by atoms with Gasteiger partial charge in [-0.05, 0) is 36.6 Å². The molecule has 2 aromatic rings. The van der Waals surface area contributed by atoms with Crippen LogP contribution in [0.25, 0.3) is 11.3 Å². The fraction of sp³-hybridized carbons (Fsp3) is 0.389. The van der Waals surface area contributed by atoms with Crippen molar-refractivity contribution in [2.75, 3.05) is 0 Å². The smallest absolute Gasteiger partial charge is 0.248 e. The van der Waals surface area contributed by atoms with Crippen molar-refractivity contribution < 1.29 is 13.5 Å². The Hall–Kier alpha value is -1.81. The molecule has 0 radical (unpaired) electrons. The first-order valence-corrected chi connectivity index (χ1v) is 7.65. The van der Waals surface area contributed by atoms with Crippen molar-refractivity contribution in [1.82, 2.24) is 4.98 Å². The third-order valence-electron chi connectivity index (χ3n) is 4.75. The van der Waals surface area contributed by atoms with Crippen molar-refractivity contribution in [3.05, 3.63) is 54.2 Å². The van der Waals surface area contributed by atoms with Crippen LogP contribution in [-0.2, 0) is 4.74 Å². The minimum absolute atomic E-state index is 0.0488. The minimum atomic E-state index is -2.52. The fourth-order valence-corrected chi connectivity index (χ4v) is 3.39. The van der Waals surface area contributed by atoms with E-state index in [0.29, 0.717) is 12.8 Å². The van der Waals surface area contributed by atoms with Gasteiger partial charge in [0.1, 0.15) is 6.10 Å². The summed E-state index contributed by atoms with van der Waals surface area (Å²) in [6.45, 7) is 0.